The molecule has 0 N–H and O–H groups in total. The smallest absolute Gasteiger partial charge is 0.278 e. The van der Waals surface area contributed by atoms with Gasteiger partial charge < -0.3 is 9.64 Å². The highest BCUT2D eigenvalue weighted by atomic mass is 16.5. The van der Waals surface area contributed by atoms with E-state index in [1.54, 1.807) is 0 Å². The number of amides is 2. The SMILES string of the molecule is Cc1ccc(C2=C(N(C)c3ccccc3)C(=O)N(CCCN3CCOCC3)C2=O)c(C)c1. The lowest BCUT2D eigenvalue weighted by Crippen LogP contribution is -2.40. The number of hydrogen-bond acceptors (Lipinski definition) is 5. The molecule has 0 bridgehead atoms. The first kappa shape index (κ1) is 22.2. The van der Waals surface area contributed by atoms with Crippen LogP contribution in [0.25, 0.3) is 5.57 Å². The number of benzene rings is 2. The average Bonchev–Trinajstić information content (AvgIpc) is 3.04. The van der Waals surface area contributed by atoms with Gasteiger partial charge in [0.2, 0.25) is 0 Å². The van der Waals surface area contributed by atoms with E-state index in [1.165, 1.54) is 4.90 Å². The molecule has 2 aliphatic rings. The first-order valence-electron chi connectivity index (χ1n) is 11.2. The fourth-order valence-electron chi connectivity index (χ4n) is 4.47. The first-order chi connectivity index (χ1) is 15.5. The molecule has 1 fully saturated rings. The van der Waals surface area contributed by atoms with Gasteiger partial charge >= 0.3 is 0 Å². The minimum atomic E-state index is -0.224. The standard InChI is InChI=1S/C26H31N3O3/c1-19-10-11-22(20(2)18-19)23-24(27(3)21-8-5-4-6-9-21)26(31)29(25(23)30)13-7-12-28-14-16-32-17-15-28/h4-6,8-11,18H,7,12-17H2,1-3H3. The lowest BCUT2D eigenvalue weighted by Gasteiger charge is -2.27. The van der Waals surface area contributed by atoms with Crippen molar-refractivity contribution >= 4 is 23.1 Å². The summed E-state index contributed by atoms with van der Waals surface area (Å²) in [5.41, 5.74) is 4.76. The third kappa shape index (κ3) is 4.47. The minimum Gasteiger partial charge on any atom is -0.379 e. The maximum atomic E-state index is 13.6. The zero-order valence-electron chi connectivity index (χ0n) is 19.1. The third-order valence-electron chi connectivity index (χ3n) is 6.23. The molecule has 1 saturated heterocycles. The molecule has 6 nitrogen and oxygen atoms in total. The van der Waals surface area contributed by atoms with Crippen molar-refractivity contribution in [3.63, 3.8) is 0 Å². The Morgan fingerprint density at radius 3 is 2.34 bits per heavy atom. The maximum Gasteiger partial charge on any atom is 0.278 e. The van der Waals surface area contributed by atoms with Gasteiger partial charge in [0.25, 0.3) is 11.8 Å². The van der Waals surface area contributed by atoms with Gasteiger partial charge in [0.15, 0.2) is 0 Å². The number of para-hydroxylation sites is 1. The van der Waals surface area contributed by atoms with Crippen LogP contribution >= 0.6 is 0 Å². The third-order valence-corrected chi connectivity index (χ3v) is 6.23. The summed E-state index contributed by atoms with van der Waals surface area (Å²) in [6.07, 6.45) is 0.750. The van der Waals surface area contributed by atoms with Gasteiger partial charge in [-0.1, -0.05) is 42.0 Å². The quantitative estimate of drug-likeness (QED) is 0.628. The number of aryl methyl sites for hydroxylation is 2. The van der Waals surface area contributed by atoms with Crippen molar-refractivity contribution in [3.05, 3.63) is 70.9 Å². The molecular weight excluding hydrogens is 402 g/mol. The van der Waals surface area contributed by atoms with Crippen LogP contribution in [0.1, 0.15) is 23.1 Å². The van der Waals surface area contributed by atoms with E-state index in [4.69, 9.17) is 4.74 Å². The highest BCUT2D eigenvalue weighted by molar-refractivity contribution is 6.36. The van der Waals surface area contributed by atoms with Gasteiger partial charge in [0.05, 0.1) is 18.8 Å². The van der Waals surface area contributed by atoms with E-state index < -0.39 is 0 Å². The van der Waals surface area contributed by atoms with Crippen molar-refractivity contribution in [1.82, 2.24) is 9.80 Å². The average molecular weight is 434 g/mol. The predicted octanol–water partition coefficient (Wildman–Crippen LogP) is 3.24. The van der Waals surface area contributed by atoms with E-state index in [9.17, 15) is 9.59 Å². The molecule has 0 atom stereocenters. The van der Waals surface area contributed by atoms with E-state index in [0.29, 0.717) is 17.8 Å². The number of ether oxygens (including phenoxy) is 1. The van der Waals surface area contributed by atoms with Crippen LogP contribution in [0, 0.1) is 13.8 Å². The van der Waals surface area contributed by atoms with Crippen LogP contribution in [0.2, 0.25) is 0 Å². The first-order valence-corrected chi connectivity index (χ1v) is 11.2. The number of carbonyl (C=O) groups is 2. The zero-order chi connectivity index (χ0) is 22.7. The van der Waals surface area contributed by atoms with E-state index in [2.05, 4.69) is 11.0 Å². The van der Waals surface area contributed by atoms with Crippen LogP contribution in [-0.2, 0) is 14.3 Å². The topological polar surface area (TPSA) is 53.1 Å². The molecule has 0 radical (unpaired) electrons. The van der Waals surface area contributed by atoms with E-state index in [1.807, 2.05) is 68.3 Å². The van der Waals surface area contributed by atoms with Crippen LogP contribution in [0.5, 0.6) is 0 Å². The van der Waals surface area contributed by atoms with Crippen molar-refractivity contribution in [3.8, 4) is 0 Å². The number of likely N-dealkylation sites (N-methyl/N-ethyl adjacent to an activating group) is 1. The molecule has 0 saturated carbocycles. The molecule has 2 aliphatic heterocycles. The minimum absolute atomic E-state index is 0.207. The number of morpholine rings is 1. The monoisotopic (exact) mass is 433 g/mol. The number of anilines is 1. The molecule has 2 amide bonds. The molecule has 2 heterocycles. The molecule has 6 heteroatoms. The molecule has 168 valence electrons. The summed E-state index contributed by atoms with van der Waals surface area (Å²) >= 11 is 0. The summed E-state index contributed by atoms with van der Waals surface area (Å²) in [6, 6.07) is 15.7. The van der Waals surface area contributed by atoms with E-state index in [-0.39, 0.29) is 11.8 Å². The fraction of sp³-hybridized carbons (Fsp3) is 0.385. The molecule has 0 aromatic heterocycles. The molecule has 32 heavy (non-hydrogen) atoms. The maximum absolute atomic E-state index is 13.6. The van der Waals surface area contributed by atoms with Gasteiger partial charge in [-0.15, -0.1) is 0 Å². The second-order valence-electron chi connectivity index (χ2n) is 8.51. The summed E-state index contributed by atoms with van der Waals surface area (Å²) in [7, 11) is 1.86. The van der Waals surface area contributed by atoms with Crippen molar-refractivity contribution in [2.45, 2.75) is 20.3 Å². The van der Waals surface area contributed by atoms with Gasteiger partial charge in [-0.05, 0) is 43.5 Å². The van der Waals surface area contributed by atoms with Crippen molar-refractivity contribution in [1.29, 1.82) is 0 Å². The lowest BCUT2D eigenvalue weighted by atomic mass is 9.97. The number of imide groups is 1. The Kier molecular flexibility index (Phi) is 6.72. The van der Waals surface area contributed by atoms with E-state index in [0.717, 1.165) is 61.6 Å². The Bertz CT molecular complexity index is 1030. The van der Waals surface area contributed by atoms with Gasteiger partial charge in [-0.3, -0.25) is 19.4 Å². The summed E-state index contributed by atoms with van der Waals surface area (Å²) in [6.45, 7) is 8.57. The second-order valence-corrected chi connectivity index (χ2v) is 8.51. The number of rotatable bonds is 7. The Morgan fingerprint density at radius 1 is 0.938 bits per heavy atom. The van der Waals surface area contributed by atoms with Crippen LogP contribution in [0.3, 0.4) is 0 Å². The van der Waals surface area contributed by atoms with Crippen molar-refractivity contribution < 1.29 is 14.3 Å². The number of hydrogen-bond donors (Lipinski definition) is 0. The van der Waals surface area contributed by atoms with E-state index >= 15 is 0 Å². The predicted molar refractivity (Wildman–Crippen MR) is 126 cm³/mol. The van der Waals surface area contributed by atoms with Gasteiger partial charge in [0, 0.05) is 38.9 Å². The van der Waals surface area contributed by atoms with Gasteiger partial charge in [-0.2, -0.15) is 0 Å². The summed E-state index contributed by atoms with van der Waals surface area (Å²) in [5.74, 6) is -0.431. The fourth-order valence-corrected chi connectivity index (χ4v) is 4.47. The van der Waals surface area contributed by atoms with Crippen LogP contribution in [0.15, 0.2) is 54.2 Å². The Labute approximate surface area is 190 Å². The molecule has 2 aromatic rings. The summed E-state index contributed by atoms with van der Waals surface area (Å²) in [5, 5.41) is 0. The zero-order valence-corrected chi connectivity index (χ0v) is 19.1. The second kappa shape index (κ2) is 9.67. The normalized spacial score (nSPS) is 17.4. The largest absolute Gasteiger partial charge is 0.379 e. The highest BCUT2D eigenvalue weighted by Gasteiger charge is 2.41. The summed E-state index contributed by atoms with van der Waals surface area (Å²) < 4.78 is 5.41. The van der Waals surface area contributed by atoms with Crippen LogP contribution < -0.4 is 4.90 Å². The highest BCUT2D eigenvalue weighted by Crippen LogP contribution is 2.35. The number of nitrogens with zero attached hydrogens (tertiary/aromatic N) is 3. The molecule has 2 aromatic carbocycles. The van der Waals surface area contributed by atoms with Crippen LogP contribution in [0.4, 0.5) is 5.69 Å². The van der Waals surface area contributed by atoms with Gasteiger partial charge in [-0.25, -0.2) is 0 Å². The molecular formula is C26H31N3O3. The van der Waals surface area contributed by atoms with Crippen molar-refractivity contribution in [2.75, 3.05) is 51.3 Å². The number of carbonyl (C=O) groups excluding carboxylic acids is 2. The molecule has 0 spiro atoms. The Hall–Kier alpha value is -2.96. The molecule has 0 unspecified atom stereocenters. The van der Waals surface area contributed by atoms with Crippen LogP contribution in [-0.4, -0.2) is 68.1 Å². The van der Waals surface area contributed by atoms with Gasteiger partial charge in [0.1, 0.15) is 5.70 Å². The van der Waals surface area contributed by atoms with Crippen molar-refractivity contribution in [2.24, 2.45) is 0 Å². The lowest BCUT2D eigenvalue weighted by molar-refractivity contribution is -0.137. The molecule has 0 aliphatic carbocycles. The Balaban J connectivity index is 1.63. The Morgan fingerprint density at radius 2 is 1.66 bits per heavy atom. The summed E-state index contributed by atoms with van der Waals surface area (Å²) in [4.78, 5) is 32.7. The molecule has 4 rings (SSSR count).